The van der Waals surface area contributed by atoms with Gasteiger partial charge in [-0.15, -0.1) is 11.8 Å². The molecular weight excluding hydrogens is 206 g/mol. The first-order chi connectivity index (χ1) is 7.30. The van der Waals surface area contributed by atoms with Crippen molar-refractivity contribution in [2.24, 2.45) is 0 Å². The van der Waals surface area contributed by atoms with Crippen molar-refractivity contribution in [2.45, 2.75) is 30.8 Å². The number of hydrogen-bond acceptors (Lipinski definition) is 2. The van der Waals surface area contributed by atoms with E-state index in [1.165, 1.54) is 10.5 Å². The van der Waals surface area contributed by atoms with Crippen molar-refractivity contribution in [2.75, 3.05) is 12.9 Å². The van der Waals surface area contributed by atoms with Gasteiger partial charge >= 0.3 is 0 Å². The van der Waals surface area contributed by atoms with Crippen LogP contribution in [0.15, 0.2) is 29.2 Å². The summed E-state index contributed by atoms with van der Waals surface area (Å²) in [5.41, 5.74) is 1.32. The van der Waals surface area contributed by atoms with E-state index < -0.39 is 0 Å². The average molecular weight is 226 g/mol. The summed E-state index contributed by atoms with van der Waals surface area (Å²) in [6.45, 7) is 3.32. The Morgan fingerprint density at radius 2 is 2.00 bits per heavy atom. The molecule has 1 atom stereocenters. The molecular formula is C12H20NOS+. The van der Waals surface area contributed by atoms with E-state index in [0.717, 1.165) is 13.0 Å². The maximum atomic E-state index is 9.05. The van der Waals surface area contributed by atoms with Crippen LogP contribution in [0.1, 0.15) is 18.9 Å². The molecule has 0 aliphatic carbocycles. The second-order valence-corrected chi connectivity index (χ2v) is 4.52. The lowest BCUT2D eigenvalue weighted by atomic mass is 10.2. The lowest BCUT2D eigenvalue weighted by Crippen LogP contribution is -2.89. The number of aliphatic hydroxyl groups is 1. The third kappa shape index (κ3) is 4.24. The van der Waals surface area contributed by atoms with Gasteiger partial charge in [-0.1, -0.05) is 19.1 Å². The van der Waals surface area contributed by atoms with Crippen LogP contribution in [0.2, 0.25) is 0 Å². The highest BCUT2D eigenvalue weighted by molar-refractivity contribution is 7.98. The van der Waals surface area contributed by atoms with Crippen LogP contribution in [0.3, 0.4) is 0 Å². The Bertz CT molecular complexity index is 269. The van der Waals surface area contributed by atoms with Gasteiger partial charge in [-0.3, -0.25) is 0 Å². The Kier molecular flexibility index (Phi) is 5.76. The summed E-state index contributed by atoms with van der Waals surface area (Å²) in [6.07, 6.45) is 3.10. The SMILES string of the molecule is CC[C@@H](CO)[NH2+]Cc1ccc(SC)cc1. The second-order valence-electron chi connectivity index (χ2n) is 3.64. The lowest BCUT2D eigenvalue weighted by Gasteiger charge is -2.10. The predicted octanol–water partition coefficient (Wildman–Crippen LogP) is 1.24. The molecule has 0 unspecified atom stereocenters. The van der Waals surface area contributed by atoms with E-state index in [4.69, 9.17) is 5.11 Å². The van der Waals surface area contributed by atoms with Crippen molar-refractivity contribution in [3.05, 3.63) is 29.8 Å². The van der Waals surface area contributed by atoms with Crippen molar-refractivity contribution >= 4 is 11.8 Å². The summed E-state index contributed by atoms with van der Waals surface area (Å²) in [6, 6.07) is 8.95. The van der Waals surface area contributed by atoms with Gasteiger partial charge in [0.05, 0.1) is 6.61 Å². The van der Waals surface area contributed by atoms with Gasteiger partial charge in [0.15, 0.2) is 0 Å². The van der Waals surface area contributed by atoms with Gasteiger partial charge in [0.25, 0.3) is 0 Å². The summed E-state index contributed by atoms with van der Waals surface area (Å²) >= 11 is 1.76. The Morgan fingerprint density at radius 3 is 2.47 bits per heavy atom. The zero-order valence-corrected chi connectivity index (χ0v) is 10.3. The van der Waals surface area contributed by atoms with Gasteiger partial charge in [0.1, 0.15) is 12.6 Å². The second kappa shape index (κ2) is 6.88. The highest BCUT2D eigenvalue weighted by Crippen LogP contribution is 2.14. The van der Waals surface area contributed by atoms with Crippen LogP contribution in [-0.4, -0.2) is 24.0 Å². The summed E-state index contributed by atoms with van der Waals surface area (Å²) in [7, 11) is 0. The fourth-order valence-electron chi connectivity index (χ4n) is 1.43. The van der Waals surface area contributed by atoms with Gasteiger partial charge in [-0.05, 0) is 24.8 Å². The molecule has 0 spiro atoms. The number of benzene rings is 1. The van der Waals surface area contributed by atoms with Gasteiger partial charge in [0.2, 0.25) is 0 Å². The molecule has 0 fully saturated rings. The van der Waals surface area contributed by atoms with Crippen molar-refractivity contribution in [1.82, 2.24) is 0 Å². The Labute approximate surface area is 96.1 Å². The molecule has 1 aromatic rings. The van der Waals surface area contributed by atoms with Crippen molar-refractivity contribution < 1.29 is 10.4 Å². The molecule has 1 aromatic carbocycles. The van der Waals surface area contributed by atoms with Crippen LogP contribution in [0.4, 0.5) is 0 Å². The molecule has 0 saturated carbocycles. The third-order valence-electron chi connectivity index (χ3n) is 2.60. The Morgan fingerprint density at radius 1 is 1.33 bits per heavy atom. The van der Waals surface area contributed by atoms with E-state index in [9.17, 15) is 0 Å². The maximum Gasteiger partial charge on any atom is 0.109 e. The van der Waals surface area contributed by atoms with Crippen molar-refractivity contribution in [3.8, 4) is 0 Å². The molecule has 0 aromatic heterocycles. The van der Waals surface area contributed by atoms with Gasteiger partial charge in [0, 0.05) is 10.5 Å². The van der Waals surface area contributed by atoms with Crippen molar-refractivity contribution in [1.29, 1.82) is 0 Å². The normalized spacial score (nSPS) is 12.7. The standard InChI is InChI=1S/C12H19NOS/c1-3-11(9-14)13-8-10-4-6-12(15-2)7-5-10/h4-7,11,13-14H,3,8-9H2,1-2H3/p+1/t11-/m0/s1. The number of rotatable bonds is 6. The highest BCUT2D eigenvalue weighted by atomic mass is 32.2. The van der Waals surface area contributed by atoms with E-state index in [1.807, 2.05) is 0 Å². The summed E-state index contributed by atoms with van der Waals surface area (Å²) in [5.74, 6) is 0. The minimum absolute atomic E-state index is 0.263. The zero-order chi connectivity index (χ0) is 11.1. The van der Waals surface area contributed by atoms with E-state index in [2.05, 4.69) is 42.8 Å². The van der Waals surface area contributed by atoms with Crippen LogP contribution in [0, 0.1) is 0 Å². The highest BCUT2D eigenvalue weighted by Gasteiger charge is 2.06. The molecule has 3 N–H and O–H groups in total. The number of hydrogen-bond donors (Lipinski definition) is 2. The summed E-state index contributed by atoms with van der Waals surface area (Å²) in [5, 5.41) is 11.3. The number of thioether (sulfide) groups is 1. The van der Waals surface area contributed by atoms with Crippen LogP contribution < -0.4 is 5.32 Å². The van der Waals surface area contributed by atoms with Crippen LogP contribution in [0.25, 0.3) is 0 Å². The Hall–Kier alpha value is -0.510. The zero-order valence-electron chi connectivity index (χ0n) is 9.44. The molecule has 3 heteroatoms. The van der Waals surface area contributed by atoms with Crippen molar-refractivity contribution in [3.63, 3.8) is 0 Å². The number of nitrogens with two attached hydrogens (primary N) is 1. The monoisotopic (exact) mass is 226 g/mol. The van der Waals surface area contributed by atoms with Crippen LogP contribution in [0.5, 0.6) is 0 Å². The smallest absolute Gasteiger partial charge is 0.109 e. The first-order valence-corrected chi connectivity index (χ1v) is 6.59. The van der Waals surface area contributed by atoms with Gasteiger partial charge < -0.3 is 10.4 Å². The molecule has 0 radical (unpaired) electrons. The van der Waals surface area contributed by atoms with Crippen LogP contribution in [-0.2, 0) is 6.54 Å². The molecule has 0 saturated heterocycles. The first kappa shape index (κ1) is 12.6. The Balaban J connectivity index is 2.43. The van der Waals surface area contributed by atoms with E-state index in [-0.39, 0.29) is 6.61 Å². The molecule has 84 valence electrons. The quantitative estimate of drug-likeness (QED) is 0.716. The molecule has 2 nitrogen and oxygen atoms in total. The third-order valence-corrected chi connectivity index (χ3v) is 3.35. The van der Waals surface area contributed by atoms with Gasteiger partial charge in [-0.2, -0.15) is 0 Å². The fraction of sp³-hybridized carbons (Fsp3) is 0.500. The molecule has 1 rings (SSSR count). The molecule has 0 aliphatic rings. The van der Waals surface area contributed by atoms with E-state index in [0.29, 0.717) is 6.04 Å². The topological polar surface area (TPSA) is 36.8 Å². The first-order valence-electron chi connectivity index (χ1n) is 5.37. The maximum absolute atomic E-state index is 9.05. The number of quaternary nitrogens is 1. The average Bonchev–Trinajstić information content (AvgIpc) is 2.31. The molecule has 15 heavy (non-hydrogen) atoms. The van der Waals surface area contributed by atoms with E-state index >= 15 is 0 Å². The number of aliphatic hydroxyl groups excluding tert-OH is 1. The minimum Gasteiger partial charge on any atom is -0.390 e. The fourth-order valence-corrected chi connectivity index (χ4v) is 1.84. The molecule has 0 heterocycles. The summed E-state index contributed by atoms with van der Waals surface area (Å²) < 4.78 is 0. The van der Waals surface area contributed by atoms with E-state index in [1.54, 1.807) is 11.8 Å². The minimum atomic E-state index is 0.263. The predicted molar refractivity (Wildman–Crippen MR) is 65.0 cm³/mol. The van der Waals surface area contributed by atoms with Crippen LogP contribution >= 0.6 is 11.8 Å². The molecule has 0 aliphatic heterocycles. The van der Waals surface area contributed by atoms with Gasteiger partial charge in [-0.25, -0.2) is 0 Å². The molecule has 0 bridgehead atoms. The largest absolute Gasteiger partial charge is 0.390 e. The lowest BCUT2D eigenvalue weighted by molar-refractivity contribution is -0.706. The molecule has 0 amide bonds. The summed E-state index contributed by atoms with van der Waals surface area (Å²) in [4.78, 5) is 1.30.